The molecule has 0 amide bonds. The lowest BCUT2D eigenvalue weighted by Crippen LogP contribution is -2.06. The molecular formula is C23H19N. The van der Waals surface area contributed by atoms with E-state index in [1.807, 2.05) is 12.4 Å². The van der Waals surface area contributed by atoms with Crippen molar-refractivity contribution in [1.29, 1.82) is 0 Å². The predicted octanol–water partition coefficient (Wildman–Crippen LogP) is 5.61. The molecule has 1 unspecified atom stereocenters. The van der Waals surface area contributed by atoms with Crippen LogP contribution in [0.4, 0.5) is 0 Å². The van der Waals surface area contributed by atoms with Gasteiger partial charge in [-0.1, -0.05) is 72.8 Å². The Labute approximate surface area is 142 Å². The summed E-state index contributed by atoms with van der Waals surface area (Å²) in [5.74, 6) is 0.333. The first kappa shape index (κ1) is 14.6. The smallest absolute Gasteiger partial charge is 0.0270 e. The van der Waals surface area contributed by atoms with Gasteiger partial charge in [-0.15, -0.1) is 0 Å². The molecule has 1 nitrogen and oxygen atoms in total. The Morgan fingerprint density at radius 3 is 2.21 bits per heavy atom. The molecule has 4 aromatic rings. The van der Waals surface area contributed by atoms with Crippen molar-refractivity contribution in [3.8, 4) is 0 Å². The molecule has 1 heteroatoms. The molecule has 0 aliphatic heterocycles. The van der Waals surface area contributed by atoms with E-state index in [4.69, 9.17) is 0 Å². The molecule has 0 radical (unpaired) electrons. The van der Waals surface area contributed by atoms with Crippen molar-refractivity contribution in [2.75, 3.05) is 0 Å². The van der Waals surface area contributed by atoms with Crippen LogP contribution < -0.4 is 0 Å². The van der Waals surface area contributed by atoms with E-state index in [0.717, 1.165) is 6.42 Å². The Morgan fingerprint density at radius 1 is 0.667 bits per heavy atom. The third kappa shape index (κ3) is 2.93. The largest absolute Gasteiger partial charge is 0.265 e. The Morgan fingerprint density at radius 2 is 1.38 bits per heavy atom. The molecule has 1 atom stereocenters. The van der Waals surface area contributed by atoms with Gasteiger partial charge in [0, 0.05) is 18.3 Å². The van der Waals surface area contributed by atoms with E-state index in [2.05, 4.69) is 89.9 Å². The highest BCUT2D eigenvalue weighted by atomic mass is 14.6. The third-order valence-electron chi connectivity index (χ3n) is 4.59. The average molecular weight is 309 g/mol. The van der Waals surface area contributed by atoms with Gasteiger partial charge < -0.3 is 0 Å². The topological polar surface area (TPSA) is 12.9 Å². The maximum absolute atomic E-state index is 4.15. The molecular weight excluding hydrogens is 290 g/mol. The van der Waals surface area contributed by atoms with E-state index in [1.54, 1.807) is 0 Å². The van der Waals surface area contributed by atoms with Crippen LogP contribution in [-0.2, 0) is 6.42 Å². The molecule has 0 aliphatic carbocycles. The van der Waals surface area contributed by atoms with Crippen molar-refractivity contribution in [2.45, 2.75) is 12.3 Å². The number of aromatic nitrogens is 1. The van der Waals surface area contributed by atoms with E-state index in [-0.39, 0.29) is 0 Å². The number of hydrogen-bond donors (Lipinski definition) is 0. The van der Waals surface area contributed by atoms with Gasteiger partial charge in [0.25, 0.3) is 0 Å². The number of fused-ring (bicyclic) bond motifs is 1. The van der Waals surface area contributed by atoms with E-state index < -0.39 is 0 Å². The fraction of sp³-hybridized carbons (Fsp3) is 0.0870. The van der Waals surface area contributed by atoms with Gasteiger partial charge in [0.15, 0.2) is 0 Å². The molecule has 0 saturated heterocycles. The van der Waals surface area contributed by atoms with Crippen molar-refractivity contribution < 1.29 is 0 Å². The van der Waals surface area contributed by atoms with Crippen molar-refractivity contribution in [1.82, 2.24) is 4.98 Å². The summed E-state index contributed by atoms with van der Waals surface area (Å²) in [6, 6.07) is 30.3. The van der Waals surface area contributed by atoms with Crippen molar-refractivity contribution in [2.24, 2.45) is 0 Å². The van der Waals surface area contributed by atoms with Crippen molar-refractivity contribution in [3.63, 3.8) is 0 Å². The number of hydrogen-bond acceptors (Lipinski definition) is 1. The van der Waals surface area contributed by atoms with Gasteiger partial charge in [0.05, 0.1) is 0 Å². The molecule has 1 aromatic heterocycles. The lowest BCUT2D eigenvalue weighted by molar-refractivity contribution is 0.810. The second kappa shape index (κ2) is 6.67. The van der Waals surface area contributed by atoms with Crippen LogP contribution in [0, 0.1) is 0 Å². The minimum Gasteiger partial charge on any atom is -0.265 e. The second-order valence-corrected chi connectivity index (χ2v) is 6.09. The van der Waals surface area contributed by atoms with Crippen LogP contribution in [0.3, 0.4) is 0 Å². The molecule has 0 bridgehead atoms. The van der Waals surface area contributed by atoms with Crippen molar-refractivity contribution in [3.05, 3.63) is 114 Å². The molecule has 0 fully saturated rings. The van der Waals surface area contributed by atoms with Gasteiger partial charge >= 0.3 is 0 Å². The summed E-state index contributed by atoms with van der Waals surface area (Å²) < 4.78 is 0. The van der Waals surface area contributed by atoms with Gasteiger partial charge in [0.1, 0.15) is 0 Å². The summed E-state index contributed by atoms with van der Waals surface area (Å²) in [7, 11) is 0. The van der Waals surface area contributed by atoms with Crippen LogP contribution in [-0.4, -0.2) is 4.98 Å². The quantitative estimate of drug-likeness (QED) is 0.477. The third-order valence-corrected chi connectivity index (χ3v) is 4.59. The Hall–Kier alpha value is -2.93. The maximum Gasteiger partial charge on any atom is 0.0270 e. The lowest BCUT2D eigenvalue weighted by atomic mass is 9.84. The van der Waals surface area contributed by atoms with Gasteiger partial charge in [-0.2, -0.15) is 0 Å². The summed E-state index contributed by atoms with van der Waals surface area (Å²) in [6.45, 7) is 0. The van der Waals surface area contributed by atoms with Crippen LogP contribution >= 0.6 is 0 Å². The van der Waals surface area contributed by atoms with Crippen LogP contribution in [0.2, 0.25) is 0 Å². The van der Waals surface area contributed by atoms with Crippen molar-refractivity contribution >= 4 is 10.8 Å². The highest BCUT2D eigenvalue weighted by Gasteiger charge is 2.17. The fourth-order valence-electron chi connectivity index (χ4n) is 3.40. The summed E-state index contributed by atoms with van der Waals surface area (Å²) in [5.41, 5.74) is 4.05. The van der Waals surface area contributed by atoms with Gasteiger partial charge in [-0.05, 0) is 46.0 Å². The average Bonchev–Trinajstić information content (AvgIpc) is 2.67. The molecule has 4 rings (SSSR count). The van der Waals surface area contributed by atoms with Gasteiger partial charge in [-0.3, -0.25) is 4.98 Å². The minimum atomic E-state index is 0.333. The summed E-state index contributed by atoms with van der Waals surface area (Å²) in [6.07, 6.45) is 4.72. The van der Waals surface area contributed by atoms with Crippen LogP contribution in [0.5, 0.6) is 0 Å². The molecule has 24 heavy (non-hydrogen) atoms. The van der Waals surface area contributed by atoms with Gasteiger partial charge in [0.2, 0.25) is 0 Å². The van der Waals surface area contributed by atoms with E-state index in [0.29, 0.717) is 5.92 Å². The SMILES string of the molecule is c1ccc(C(Cc2ccncc2)c2cccc3ccccc23)cc1. The van der Waals surface area contributed by atoms with Crippen LogP contribution in [0.15, 0.2) is 97.3 Å². The molecule has 1 heterocycles. The van der Waals surface area contributed by atoms with Crippen LogP contribution in [0.25, 0.3) is 10.8 Å². The number of rotatable bonds is 4. The number of benzene rings is 3. The minimum absolute atomic E-state index is 0.333. The number of nitrogens with zero attached hydrogens (tertiary/aromatic N) is 1. The molecule has 0 N–H and O–H groups in total. The van der Waals surface area contributed by atoms with Crippen LogP contribution in [0.1, 0.15) is 22.6 Å². The Kier molecular flexibility index (Phi) is 4.07. The summed E-state index contributed by atoms with van der Waals surface area (Å²) >= 11 is 0. The maximum atomic E-state index is 4.15. The summed E-state index contributed by atoms with van der Waals surface area (Å²) in [5, 5.41) is 2.63. The second-order valence-electron chi connectivity index (χ2n) is 6.09. The predicted molar refractivity (Wildman–Crippen MR) is 100 cm³/mol. The Balaban J connectivity index is 1.86. The molecule has 0 saturated carbocycles. The molecule has 116 valence electrons. The highest BCUT2D eigenvalue weighted by Crippen LogP contribution is 2.33. The van der Waals surface area contributed by atoms with E-state index in [1.165, 1.54) is 27.5 Å². The normalized spacial score (nSPS) is 12.2. The lowest BCUT2D eigenvalue weighted by Gasteiger charge is -2.20. The number of pyridine rings is 1. The first-order valence-electron chi connectivity index (χ1n) is 8.33. The highest BCUT2D eigenvalue weighted by molar-refractivity contribution is 5.86. The monoisotopic (exact) mass is 309 g/mol. The Bertz CT molecular complexity index is 924. The zero-order chi connectivity index (χ0) is 16.2. The molecule has 3 aromatic carbocycles. The van der Waals surface area contributed by atoms with E-state index in [9.17, 15) is 0 Å². The molecule has 0 spiro atoms. The fourth-order valence-corrected chi connectivity index (χ4v) is 3.40. The zero-order valence-corrected chi connectivity index (χ0v) is 13.5. The zero-order valence-electron chi connectivity index (χ0n) is 13.5. The van der Waals surface area contributed by atoms with E-state index >= 15 is 0 Å². The van der Waals surface area contributed by atoms with Gasteiger partial charge in [-0.25, -0.2) is 0 Å². The first-order valence-corrected chi connectivity index (χ1v) is 8.33. The summed E-state index contributed by atoms with van der Waals surface area (Å²) in [4.78, 5) is 4.15. The molecule has 0 aliphatic rings. The standard InChI is InChI=1S/C23H19N/c1-2-7-20(8-3-1)23(17-18-13-15-24-16-14-18)22-12-6-10-19-9-4-5-11-21(19)22/h1-16,23H,17H2. The first-order chi connectivity index (χ1) is 11.9.